The van der Waals surface area contributed by atoms with E-state index in [-0.39, 0.29) is 18.1 Å². The van der Waals surface area contributed by atoms with Crippen molar-refractivity contribution < 1.29 is 9.18 Å². The van der Waals surface area contributed by atoms with Gasteiger partial charge in [0.2, 0.25) is 5.91 Å². The molecule has 1 fully saturated rings. The number of halogens is 1. The molecule has 1 amide bonds. The van der Waals surface area contributed by atoms with Crippen LogP contribution in [-0.2, 0) is 24.2 Å². The van der Waals surface area contributed by atoms with Gasteiger partial charge in [0.15, 0.2) is 0 Å². The zero-order chi connectivity index (χ0) is 16.9. The summed E-state index contributed by atoms with van der Waals surface area (Å²) in [5, 5.41) is 8.16. The van der Waals surface area contributed by atoms with Gasteiger partial charge in [-0.1, -0.05) is 18.2 Å². The van der Waals surface area contributed by atoms with Gasteiger partial charge < -0.3 is 9.47 Å². The Morgan fingerprint density at radius 3 is 3.00 bits per heavy atom. The van der Waals surface area contributed by atoms with Crippen LogP contribution in [0.25, 0.3) is 0 Å². The summed E-state index contributed by atoms with van der Waals surface area (Å²) in [7, 11) is 0. The lowest BCUT2D eigenvalue weighted by Crippen LogP contribution is -2.41. The summed E-state index contributed by atoms with van der Waals surface area (Å²) in [5.74, 6) is 1.06. The predicted octanol–water partition coefficient (Wildman–Crippen LogP) is 2.46. The van der Waals surface area contributed by atoms with Crippen LogP contribution >= 0.6 is 0 Å². The van der Waals surface area contributed by atoms with E-state index in [1.165, 1.54) is 6.07 Å². The minimum atomic E-state index is -0.310. The third-order valence-corrected chi connectivity index (χ3v) is 4.68. The Hall–Kier alpha value is -2.24. The zero-order valence-electron chi connectivity index (χ0n) is 14.0. The van der Waals surface area contributed by atoms with Crippen molar-refractivity contribution in [3.8, 4) is 0 Å². The number of benzene rings is 1. The summed E-state index contributed by atoms with van der Waals surface area (Å²) in [5.41, 5.74) is 0.468. The number of carbonyl (C=O) groups excluding carboxylic acids is 1. The number of aromatic nitrogens is 3. The number of hydrogen-bond donors (Lipinski definition) is 0. The Bertz CT molecular complexity index is 700. The molecule has 1 atom stereocenters. The van der Waals surface area contributed by atoms with Gasteiger partial charge in [0.25, 0.3) is 0 Å². The van der Waals surface area contributed by atoms with Crippen LogP contribution in [0.3, 0.4) is 0 Å². The second-order valence-corrected chi connectivity index (χ2v) is 6.35. The lowest BCUT2D eigenvalue weighted by Gasteiger charge is -2.32. The lowest BCUT2D eigenvalue weighted by atomic mass is 9.94. The fraction of sp³-hybridized carbons (Fsp3) is 0.500. The van der Waals surface area contributed by atoms with Crippen LogP contribution in [0.1, 0.15) is 31.2 Å². The van der Waals surface area contributed by atoms with Crippen LogP contribution in [0.2, 0.25) is 0 Å². The molecule has 0 radical (unpaired) electrons. The Kier molecular flexibility index (Phi) is 5.23. The van der Waals surface area contributed by atoms with Crippen molar-refractivity contribution in [2.24, 2.45) is 5.92 Å². The number of piperidine rings is 1. The summed E-state index contributed by atoms with van der Waals surface area (Å²) in [6, 6.07) is 6.49. The molecule has 6 heteroatoms. The third-order valence-electron chi connectivity index (χ3n) is 4.68. The predicted molar refractivity (Wildman–Crippen MR) is 88.8 cm³/mol. The molecular weight excluding hydrogens is 307 g/mol. The van der Waals surface area contributed by atoms with E-state index in [1.807, 2.05) is 9.47 Å². The first-order chi connectivity index (χ1) is 11.7. The molecule has 1 aliphatic heterocycles. The Balaban J connectivity index is 1.61. The van der Waals surface area contributed by atoms with Crippen LogP contribution in [-0.4, -0.2) is 38.7 Å². The molecule has 1 unspecified atom stereocenters. The third kappa shape index (κ3) is 3.80. The number of amides is 1. The highest BCUT2D eigenvalue weighted by Crippen LogP contribution is 2.21. The molecule has 0 spiro atoms. The fourth-order valence-electron chi connectivity index (χ4n) is 3.33. The SMILES string of the molecule is CCn1cnnc1CC1CCCN(C(=O)Cc2ccccc2F)C1. The maximum atomic E-state index is 13.7. The van der Waals surface area contributed by atoms with Gasteiger partial charge in [0.05, 0.1) is 6.42 Å². The van der Waals surface area contributed by atoms with Gasteiger partial charge in [-0.2, -0.15) is 0 Å². The summed E-state index contributed by atoms with van der Waals surface area (Å²) >= 11 is 0. The number of rotatable bonds is 5. The molecule has 2 aromatic rings. The van der Waals surface area contributed by atoms with E-state index < -0.39 is 0 Å². The summed E-state index contributed by atoms with van der Waals surface area (Å²) in [6.07, 6.45) is 4.77. The quantitative estimate of drug-likeness (QED) is 0.846. The van der Waals surface area contributed by atoms with Crippen LogP contribution in [0.5, 0.6) is 0 Å². The number of aryl methyl sites for hydroxylation is 1. The first kappa shape index (κ1) is 16.6. The maximum Gasteiger partial charge on any atom is 0.227 e. The van der Waals surface area contributed by atoms with Crippen LogP contribution in [0.15, 0.2) is 30.6 Å². The number of hydrogen-bond acceptors (Lipinski definition) is 3. The summed E-state index contributed by atoms with van der Waals surface area (Å²) < 4.78 is 15.8. The van der Waals surface area contributed by atoms with E-state index in [1.54, 1.807) is 24.5 Å². The number of carbonyl (C=O) groups is 1. The average molecular weight is 330 g/mol. The van der Waals surface area contributed by atoms with Crippen molar-refractivity contribution in [2.75, 3.05) is 13.1 Å². The summed E-state index contributed by atoms with van der Waals surface area (Å²) in [4.78, 5) is 14.4. The highest BCUT2D eigenvalue weighted by molar-refractivity contribution is 5.78. The normalized spacial score (nSPS) is 17.9. The molecule has 2 heterocycles. The molecule has 128 valence electrons. The van der Waals surface area contributed by atoms with Gasteiger partial charge in [-0.3, -0.25) is 4.79 Å². The van der Waals surface area contributed by atoms with E-state index in [0.29, 0.717) is 18.0 Å². The first-order valence-electron chi connectivity index (χ1n) is 8.55. The standard InChI is InChI=1S/C18H23FN4O/c1-2-22-13-20-21-17(22)10-14-6-5-9-23(12-14)18(24)11-15-7-3-4-8-16(15)19/h3-4,7-8,13-14H,2,5-6,9-12H2,1H3. The minimum Gasteiger partial charge on any atom is -0.342 e. The van der Waals surface area contributed by atoms with Gasteiger partial charge in [0.1, 0.15) is 18.0 Å². The molecule has 5 nitrogen and oxygen atoms in total. The van der Waals surface area contributed by atoms with Gasteiger partial charge >= 0.3 is 0 Å². The van der Waals surface area contributed by atoms with Crippen molar-refractivity contribution in [1.29, 1.82) is 0 Å². The van der Waals surface area contributed by atoms with Crippen LogP contribution in [0.4, 0.5) is 4.39 Å². The Morgan fingerprint density at radius 2 is 2.21 bits per heavy atom. The monoisotopic (exact) mass is 330 g/mol. The first-order valence-corrected chi connectivity index (χ1v) is 8.55. The van der Waals surface area contributed by atoms with Crippen molar-refractivity contribution in [3.05, 3.63) is 47.8 Å². The Morgan fingerprint density at radius 1 is 1.38 bits per heavy atom. The molecular formula is C18H23FN4O. The molecule has 1 aliphatic rings. The second kappa shape index (κ2) is 7.55. The molecule has 1 aromatic carbocycles. The van der Waals surface area contributed by atoms with E-state index in [2.05, 4.69) is 17.1 Å². The van der Waals surface area contributed by atoms with E-state index in [0.717, 1.165) is 38.2 Å². The molecule has 3 rings (SSSR count). The molecule has 1 aromatic heterocycles. The minimum absolute atomic E-state index is 0.00163. The van der Waals surface area contributed by atoms with Gasteiger partial charge in [-0.25, -0.2) is 4.39 Å². The van der Waals surface area contributed by atoms with Gasteiger partial charge in [-0.05, 0) is 37.3 Å². The largest absolute Gasteiger partial charge is 0.342 e. The molecule has 0 N–H and O–H groups in total. The fourth-order valence-corrected chi connectivity index (χ4v) is 3.33. The summed E-state index contributed by atoms with van der Waals surface area (Å²) in [6.45, 7) is 4.39. The number of nitrogens with zero attached hydrogens (tertiary/aromatic N) is 4. The lowest BCUT2D eigenvalue weighted by molar-refractivity contribution is -0.132. The zero-order valence-corrected chi connectivity index (χ0v) is 14.0. The smallest absolute Gasteiger partial charge is 0.227 e. The van der Waals surface area contributed by atoms with Crippen LogP contribution in [0, 0.1) is 11.7 Å². The molecule has 1 saturated heterocycles. The van der Waals surface area contributed by atoms with Crippen molar-refractivity contribution in [1.82, 2.24) is 19.7 Å². The van der Waals surface area contributed by atoms with E-state index in [4.69, 9.17) is 0 Å². The molecule has 0 saturated carbocycles. The van der Waals surface area contributed by atoms with Crippen molar-refractivity contribution >= 4 is 5.91 Å². The van der Waals surface area contributed by atoms with Crippen molar-refractivity contribution in [2.45, 2.75) is 39.2 Å². The maximum absolute atomic E-state index is 13.7. The topological polar surface area (TPSA) is 51.0 Å². The average Bonchev–Trinajstić information content (AvgIpc) is 3.04. The molecule has 0 bridgehead atoms. The van der Waals surface area contributed by atoms with Crippen molar-refractivity contribution in [3.63, 3.8) is 0 Å². The highest BCUT2D eigenvalue weighted by Gasteiger charge is 2.25. The van der Waals surface area contributed by atoms with Gasteiger partial charge in [-0.15, -0.1) is 10.2 Å². The van der Waals surface area contributed by atoms with E-state index >= 15 is 0 Å². The van der Waals surface area contributed by atoms with E-state index in [9.17, 15) is 9.18 Å². The molecule has 24 heavy (non-hydrogen) atoms. The Labute approximate surface area is 141 Å². The second-order valence-electron chi connectivity index (χ2n) is 6.35. The van der Waals surface area contributed by atoms with Gasteiger partial charge in [0, 0.05) is 26.1 Å². The number of likely N-dealkylation sites (tertiary alicyclic amines) is 1. The highest BCUT2D eigenvalue weighted by atomic mass is 19.1. The molecule has 0 aliphatic carbocycles. The van der Waals surface area contributed by atoms with Crippen LogP contribution < -0.4 is 0 Å².